The predicted molar refractivity (Wildman–Crippen MR) is 93.6 cm³/mol. The molecule has 1 aliphatic heterocycles. The normalized spacial score (nSPS) is 15.9. The van der Waals surface area contributed by atoms with Gasteiger partial charge in [-0.2, -0.15) is 4.98 Å². The molecule has 124 valence electrons. The molecule has 5 heteroatoms. The van der Waals surface area contributed by atoms with Crippen molar-refractivity contribution in [2.45, 2.75) is 45.4 Å². The van der Waals surface area contributed by atoms with Crippen LogP contribution < -0.4 is 10.2 Å². The van der Waals surface area contributed by atoms with E-state index >= 15 is 0 Å². The van der Waals surface area contributed by atoms with Gasteiger partial charge in [0.25, 0.3) is 0 Å². The van der Waals surface area contributed by atoms with E-state index in [0.29, 0.717) is 0 Å². The summed E-state index contributed by atoms with van der Waals surface area (Å²) in [4.78, 5) is 13.8. The molecule has 1 fully saturated rings. The van der Waals surface area contributed by atoms with Crippen LogP contribution in [0.2, 0.25) is 0 Å². The van der Waals surface area contributed by atoms with Crippen molar-refractivity contribution in [3.05, 3.63) is 12.3 Å². The van der Waals surface area contributed by atoms with E-state index in [1.807, 2.05) is 12.3 Å². The van der Waals surface area contributed by atoms with Crippen LogP contribution in [0.5, 0.6) is 0 Å². The van der Waals surface area contributed by atoms with E-state index in [9.17, 15) is 0 Å². The maximum atomic E-state index is 4.68. The van der Waals surface area contributed by atoms with Gasteiger partial charge >= 0.3 is 0 Å². The Morgan fingerprint density at radius 3 is 2.68 bits per heavy atom. The van der Waals surface area contributed by atoms with E-state index in [1.54, 1.807) is 0 Å². The number of likely N-dealkylation sites (N-methyl/N-ethyl adjacent to an activating group) is 1. The second-order valence-electron chi connectivity index (χ2n) is 6.22. The highest BCUT2D eigenvalue weighted by Crippen LogP contribution is 2.17. The van der Waals surface area contributed by atoms with Crippen LogP contribution in [0.25, 0.3) is 0 Å². The third-order valence-corrected chi connectivity index (χ3v) is 4.24. The minimum absolute atomic E-state index is 0.755. The first-order valence-electron chi connectivity index (χ1n) is 8.80. The molecule has 0 aromatic carbocycles. The number of hydrogen-bond donors (Lipinski definition) is 1. The molecule has 0 spiro atoms. The summed E-state index contributed by atoms with van der Waals surface area (Å²) >= 11 is 0. The molecule has 1 aromatic rings. The van der Waals surface area contributed by atoms with Crippen molar-refractivity contribution in [3.8, 4) is 0 Å². The fourth-order valence-electron chi connectivity index (χ4n) is 2.81. The highest BCUT2D eigenvalue weighted by Gasteiger charge is 2.11. The maximum Gasteiger partial charge on any atom is 0.224 e. The molecule has 0 aliphatic carbocycles. The third-order valence-electron chi connectivity index (χ3n) is 4.24. The molecular formula is C17H31N5. The molecule has 1 saturated heterocycles. The molecule has 22 heavy (non-hydrogen) atoms. The smallest absolute Gasteiger partial charge is 0.224 e. The molecule has 5 nitrogen and oxygen atoms in total. The van der Waals surface area contributed by atoms with Crippen LogP contribution >= 0.6 is 0 Å². The standard InChI is InChI=1S/C17H31N5/c1-3-4-12-21(2)15-11-19-17-18-10-9-16(20-17)22-13-7-5-6-8-14-22/h9-10H,3-8,11-15H2,1-2H3,(H,18,19,20). The average Bonchev–Trinajstić information content (AvgIpc) is 2.82. The Morgan fingerprint density at radius 1 is 1.18 bits per heavy atom. The zero-order valence-electron chi connectivity index (χ0n) is 14.2. The zero-order chi connectivity index (χ0) is 15.6. The summed E-state index contributed by atoms with van der Waals surface area (Å²) in [5.41, 5.74) is 0. The lowest BCUT2D eigenvalue weighted by Crippen LogP contribution is -2.27. The van der Waals surface area contributed by atoms with Gasteiger partial charge < -0.3 is 15.1 Å². The first kappa shape index (κ1) is 17.0. The fourth-order valence-corrected chi connectivity index (χ4v) is 2.81. The van der Waals surface area contributed by atoms with E-state index in [0.717, 1.165) is 44.5 Å². The molecule has 1 aliphatic rings. The lowest BCUT2D eigenvalue weighted by atomic mass is 10.2. The number of anilines is 2. The second-order valence-corrected chi connectivity index (χ2v) is 6.22. The van der Waals surface area contributed by atoms with E-state index in [-0.39, 0.29) is 0 Å². The van der Waals surface area contributed by atoms with Crippen LogP contribution in [-0.2, 0) is 0 Å². The van der Waals surface area contributed by atoms with Gasteiger partial charge in [-0.15, -0.1) is 0 Å². The van der Waals surface area contributed by atoms with Crippen LogP contribution in [0.3, 0.4) is 0 Å². The summed E-state index contributed by atoms with van der Waals surface area (Å²) in [6, 6.07) is 2.03. The first-order valence-corrected chi connectivity index (χ1v) is 8.80. The Morgan fingerprint density at radius 2 is 1.95 bits per heavy atom. The van der Waals surface area contributed by atoms with Gasteiger partial charge in [-0.1, -0.05) is 26.2 Å². The Bertz CT molecular complexity index is 415. The van der Waals surface area contributed by atoms with Gasteiger partial charge in [0.2, 0.25) is 5.95 Å². The molecule has 0 unspecified atom stereocenters. The number of nitrogens with zero attached hydrogens (tertiary/aromatic N) is 4. The Balaban J connectivity index is 1.80. The van der Waals surface area contributed by atoms with Crippen LogP contribution in [0.4, 0.5) is 11.8 Å². The topological polar surface area (TPSA) is 44.3 Å². The number of hydrogen-bond acceptors (Lipinski definition) is 5. The SMILES string of the molecule is CCCCN(C)CCNc1nccc(N2CCCCCC2)n1. The monoisotopic (exact) mass is 305 g/mol. The van der Waals surface area contributed by atoms with Gasteiger partial charge in [-0.05, 0) is 38.9 Å². The summed E-state index contributed by atoms with van der Waals surface area (Å²) < 4.78 is 0. The van der Waals surface area contributed by atoms with E-state index in [2.05, 4.69) is 39.1 Å². The van der Waals surface area contributed by atoms with Gasteiger partial charge in [0.15, 0.2) is 0 Å². The fraction of sp³-hybridized carbons (Fsp3) is 0.765. The Labute approximate surface area is 135 Å². The molecule has 0 amide bonds. The van der Waals surface area contributed by atoms with E-state index in [4.69, 9.17) is 0 Å². The third kappa shape index (κ3) is 5.79. The molecule has 0 saturated carbocycles. The van der Waals surface area contributed by atoms with Crippen molar-refractivity contribution in [2.24, 2.45) is 0 Å². The van der Waals surface area contributed by atoms with Gasteiger partial charge in [0.05, 0.1) is 0 Å². The molecule has 0 radical (unpaired) electrons. The molecule has 0 bridgehead atoms. The molecule has 2 heterocycles. The summed E-state index contributed by atoms with van der Waals surface area (Å²) in [7, 11) is 2.17. The summed E-state index contributed by atoms with van der Waals surface area (Å²) in [5.74, 6) is 1.82. The minimum Gasteiger partial charge on any atom is -0.356 e. The van der Waals surface area contributed by atoms with Crippen molar-refractivity contribution in [3.63, 3.8) is 0 Å². The van der Waals surface area contributed by atoms with Crippen LogP contribution in [0, 0.1) is 0 Å². The van der Waals surface area contributed by atoms with Crippen molar-refractivity contribution in [2.75, 3.05) is 50.0 Å². The van der Waals surface area contributed by atoms with Crippen molar-refractivity contribution in [1.29, 1.82) is 0 Å². The molecule has 2 rings (SSSR count). The average molecular weight is 305 g/mol. The molecule has 0 atom stereocenters. The lowest BCUT2D eigenvalue weighted by Gasteiger charge is -2.22. The summed E-state index contributed by atoms with van der Waals surface area (Å²) in [5, 5.41) is 3.36. The zero-order valence-corrected chi connectivity index (χ0v) is 14.2. The van der Waals surface area contributed by atoms with Crippen LogP contribution in [0.1, 0.15) is 45.4 Å². The first-order chi connectivity index (χ1) is 10.8. The quantitative estimate of drug-likeness (QED) is 0.800. The minimum atomic E-state index is 0.755. The molecule has 1 N–H and O–H groups in total. The largest absolute Gasteiger partial charge is 0.356 e. The number of unbranched alkanes of at least 4 members (excludes halogenated alkanes) is 1. The highest BCUT2D eigenvalue weighted by molar-refractivity contribution is 5.42. The van der Waals surface area contributed by atoms with Gasteiger partial charge in [-0.3, -0.25) is 0 Å². The van der Waals surface area contributed by atoms with E-state index < -0.39 is 0 Å². The second kappa shape index (κ2) is 9.62. The number of rotatable bonds is 8. The lowest BCUT2D eigenvalue weighted by molar-refractivity contribution is 0.340. The molecular weight excluding hydrogens is 274 g/mol. The van der Waals surface area contributed by atoms with E-state index in [1.165, 1.54) is 38.5 Å². The number of nitrogens with one attached hydrogen (secondary N) is 1. The maximum absolute atomic E-state index is 4.68. The summed E-state index contributed by atoms with van der Waals surface area (Å²) in [6.07, 6.45) is 9.62. The van der Waals surface area contributed by atoms with Crippen molar-refractivity contribution < 1.29 is 0 Å². The molecule has 1 aromatic heterocycles. The van der Waals surface area contributed by atoms with Gasteiger partial charge in [0.1, 0.15) is 5.82 Å². The highest BCUT2D eigenvalue weighted by atomic mass is 15.2. The van der Waals surface area contributed by atoms with Gasteiger partial charge in [0, 0.05) is 32.4 Å². The van der Waals surface area contributed by atoms with Crippen LogP contribution in [0.15, 0.2) is 12.3 Å². The Hall–Kier alpha value is -1.36. The summed E-state index contributed by atoms with van der Waals surface area (Å²) in [6.45, 7) is 7.55. The Kier molecular flexibility index (Phi) is 7.43. The van der Waals surface area contributed by atoms with Crippen molar-refractivity contribution in [1.82, 2.24) is 14.9 Å². The van der Waals surface area contributed by atoms with Gasteiger partial charge in [-0.25, -0.2) is 4.98 Å². The van der Waals surface area contributed by atoms with Crippen LogP contribution in [-0.4, -0.2) is 54.6 Å². The number of aromatic nitrogens is 2. The van der Waals surface area contributed by atoms with Crippen molar-refractivity contribution >= 4 is 11.8 Å². The predicted octanol–water partition coefficient (Wildman–Crippen LogP) is 3.00.